The Hall–Kier alpha value is -3.02. The van der Waals surface area contributed by atoms with Crippen molar-refractivity contribution in [1.82, 2.24) is 5.32 Å². The molecule has 0 heterocycles. The van der Waals surface area contributed by atoms with Crippen molar-refractivity contribution in [2.45, 2.75) is 39.8 Å². The normalized spacial score (nSPS) is 10.9. The summed E-state index contributed by atoms with van der Waals surface area (Å²) < 4.78 is 15.7. The molecule has 0 aliphatic carbocycles. The third kappa shape index (κ3) is 6.01. The fourth-order valence-corrected chi connectivity index (χ4v) is 2.62. The Bertz CT molecular complexity index is 839. The highest BCUT2D eigenvalue weighted by molar-refractivity contribution is 5.91. The zero-order chi connectivity index (χ0) is 20.7. The molecule has 0 bridgehead atoms. The Morgan fingerprint density at radius 2 is 1.75 bits per heavy atom. The fourth-order valence-electron chi connectivity index (χ4n) is 2.62. The van der Waals surface area contributed by atoms with E-state index in [1.54, 1.807) is 18.2 Å². The monoisotopic (exact) mass is 385 g/mol. The van der Waals surface area contributed by atoms with E-state index in [0.29, 0.717) is 17.9 Å². The standard InChI is InChI=1S/C22H27NO5/c1-6-27-19-11-10-16(15-8-7-9-17(12-15)20(24)26-5)13-18(19)14-23-21(25)28-22(2,3)4/h7-13H,6,14H2,1-5H3,(H,23,25). The summed E-state index contributed by atoms with van der Waals surface area (Å²) in [6, 6.07) is 12.9. The highest BCUT2D eigenvalue weighted by Gasteiger charge is 2.17. The van der Waals surface area contributed by atoms with Gasteiger partial charge >= 0.3 is 12.1 Å². The summed E-state index contributed by atoms with van der Waals surface area (Å²) in [6.45, 7) is 8.11. The lowest BCUT2D eigenvalue weighted by Gasteiger charge is -2.20. The van der Waals surface area contributed by atoms with Crippen molar-refractivity contribution >= 4 is 12.1 Å². The van der Waals surface area contributed by atoms with Crippen molar-refractivity contribution in [3.05, 3.63) is 53.6 Å². The van der Waals surface area contributed by atoms with Crippen molar-refractivity contribution in [2.24, 2.45) is 0 Å². The van der Waals surface area contributed by atoms with E-state index in [1.807, 2.05) is 52.0 Å². The second kappa shape index (κ2) is 9.26. The summed E-state index contributed by atoms with van der Waals surface area (Å²) >= 11 is 0. The van der Waals surface area contributed by atoms with Crippen LogP contribution in [0.1, 0.15) is 43.6 Å². The van der Waals surface area contributed by atoms with Crippen LogP contribution in [-0.4, -0.2) is 31.4 Å². The number of amides is 1. The maximum Gasteiger partial charge on any atom is 0.407 e. The van der Waals surface area contributed by atoms with Crippen molar-refractivity contribution in [2.75, 3.05) is 13.7 Å². The third-order valence-corrected chi connectivity index (χ3v) is 3.80. The fraction of sp³-hybridized carbons (Fsp3) is 0.364. The van der Waals surface area contributed by atoms with Crippen LogP contribution in [0.3, 0.4) is 0 Å². The summed E-state index contributed by atoms with van der Waals surface area (Å²) in [5, 5.41) is 2.76. The van der Waals surface area contributed by atoms with E-state index in [-0.39, 0.29) is 12.5 Å². The summed E-state index contributed by atoms with van der Waals surface area (Å²) in [5.41, 5.74) is 2.49. The van der Waals surface area contributed by atoms with E-state index < -0.39 is 11.7 Å². The second-order valence-electron chi connectivity index (χ2n) is 7.18. The van der Waals surface area contributed by atoms with E-state index in [0.717, 1.165) is 16.7 Å². The summed E-state index contributed by atoms with van der Waals surface area (Å²) in [6.07, 6.45) is -0.493. The molecule has 0 saturated heterocycles. The molecule has 0 saturated carbocycles. The quantitative estimate of drug-likeness (QED) is 0.738. The SMILES string of the molecule is CCOc1ccc(-c2cccc(C(=O)OC)c2)cc1CNC(=O)OC(C)(C)C. The number of hydrogen-bond acceptors (Lipinski definition) is 5. The van der Waals surface area contributed by atoms with E-state index in [9.17, 15) is 9.59 Å². The van der Waals surface area contributed by atoms with Crippen LogP contribution in [0.2, 0.25) is 0 Å². The lowest BCUT2D eigenvalue weighted by molar-refractivity contribution is 0.0522. The first-order valence-electron chi connectivity index (χ1n) is 9.15. The Kier molecular flexibility index (Phi) is 7.04. The molecule has 1 N–H and O–H groups in total. The van der Waals surface area contributed by atoms with Gasteiger partial charge in [0.05, 0.1) is 19.3 Å². The molecule has 6 nitrogen and oxygen atoms in total. The number of hydrogen-bond donors (Lipinski definition) is 1. The van der Waals surface area contributed by atoms with Gasteiger partial charge in [-0.2, -0.15) is 0 Å². The number of nitrogens with one attached hydrogen (secondary N) is 1. The molecule has 0 aliphatic heterocycles. The molecule has 0 radical (unpaired) electrons. The van der Waals surface area contributed by atoms with Crippen LogP contribution in [-0.2, 0) is 16.0 Å². The second-order valence-corrected chi connectivity index (χ2v) is 7.18. The van der Waals surface area contributed by atoms with Gasteiger partial charge in [0.25, 0.3) is 0 Å². The molecule has 1 amide bonds. The van der Waals surface area contributed by atoms with Crippen molar-refractivity contribution in [1.29, 1.82) is 0 Å². The van der Waals surface area contributed by atoms with E-state index in [4.69, 9.17) is 14.2 Å². The highest BCUT2D eigenvalue weighted by atomic mass is 16.6. The van der Waals surface area contributed by atoms with E-state index in [1.165, 1.54) is 7.11 Å². The molecule has 0 spiro atoms. The number of carbonyl (C=O) groups excluding carboxylic acids is 2. The molecule has 28 heavy (non-hydrogen) atoms. The van der Waals surface area contributed by atoms with Gasteiger partial charge in [-0.15, -0.1) is 0 Å². The Labute approximate surface area is 165 Å². The Morgan fingerprint density at radius 3 is 2.39 bits per heavy atom. The van der Waals surface area contributed by atoms with Gasteiger partial charge in [-0.1, -0.05) is 18.2 Å². The van der Waals surface area contributed by atoms with E-state index in [2.05, 4.69) is 5.32 Å². The molecular formula is C22H27NO5. The Morgan fingerprint density at radius 1 is 1.04 bits per heavy atom. The molecule has 150 valence electrons. The number of carbonyl (C=O) groups is 2. The zero-order valence-corrected chi connectivity index (χ0v) is 17.0. The lowest BCUT2D eigenvalue weighted by atomic mass is 10.0. The smallest absolute Gasteiger partial charge is 0.407 e. The molecule has 2 aromatic carbocycles. The number of benzene rings is 2. The topological polar surface area (TPSA) is 73.9 Å². The van der Waals surface area contributed by atoms with E-state index >= 15 is 0 Å². The van der Waals surface area contributed by atoms with Crippen LogP contribution in [0, 0.1) is 0 Å². The number of methoxy groups -OCH3 is 1. The minimum Gasteiger partial charge on any atom is -0.494 e. The van der Waals surface area contributed by atoms with Gasteiger partial charge in [0, 0.05) is 12.1 Å². The van der Waals surface area contributed by atoms with Crippen LogP contribution in [0.5, 0.6) is 5.75 Å². The van der Waals surface area contributed by atoms with Gasteiger partial charge in [-0.25, -0.2) is 9.59 Å². The largest absolute Gasteiger partial charge is 0.494 e. The van der Waals surface area contributed by atoms with Crippen LogP contribution in [0.15, 0.2) is 42.5 Å². The summed E-state index contributed by atoms with van der Waals surface area (Å²) in [7, 11) is 1.35. The maximum absolute atomic E-state index is 12.0. The Balaban J connectivity index is 2.27. The predicted molar refractivity (Wildman–Crippen MR) is 107 cm³/mol. The van der Waals surface area contributed by atoms with Crippen molar-refractivity contribution in [3.8, 4) is 16.9 Å². The van der Waals surface area contributed by atoms with Crippen LogP contribution < -0.4 is 10.1 Å². The minimum atomic E-state index is -0.566. The average Bonchev–Trinajstić information content (AvgIpc) is 2.65. The van der Waals surface area contributed by atoms with Gasteiger partial charge in [0.15, 0.2) is 0 Å². The first kappa shape index (κ1) is 21.3. The van der Waals surface area contributed by atoms with Gasteiger partial charge in [-0.3, -0.25) is 0 Å². The summed E-state index contributed by atoms with van der Waals surface area (Å²) in [5.74, 6) is 0.297. The molecular weight excluding hydrogens is 358 g/mol. The number of esters is 1. The first-order chi connectivity index (χ1) is 13.2. The van der Waals surface area contributed by atoms with Crippen LogP contribution in [0.4, 0.5) is 4.79 Å². The van der Waals surface area contributed by atoms with Crippen molar-refractivity contribution < 1.29 is 23.8 Å². The molecule has 2 aromatic rings. The lowest BCUT2D eigenvalue weighted by Crippen LogP contribution is -2.32. The maximum atomic E-state index is 12.0. The summed E-state index contributed by atoms with van der Waals surface area (Å²) in [4.78, 5) is 23.8. The van der Waals surface area contributed by atoms with Crippen molar-refractivity contribution in [3.63, 3.8) is 0 Å². The molecule has 0 fully saturated rings. The number of ether oxygens (including phenoxy) is 3. The molecule has 2 rings (SSSR count). The molecule has 0 aromatic heterocycles. The minimum absolute atomic E-state index is 0.259. The highest BCUT2D eigenvalue weighted by Crippen LogP contribution is 2.28. The van der Waals surface area contributed by atoms with Gasteiger partial charge in [0.2, 0.25) is 0 Å². The van der Waals surface area contributed by atoms with Gasteiger partial charge in [0.1, 0.15) is 11.4 Å². The van der Waals surface area contributed by atoms with Crippen LogP contribution in [0.25, 0.3) is 11.1 Å². The van der Waals surface area contributed by atoms with Gasteiger partial charge < -0.3 is 19.5 Å². The molecule has 6 heteroatoms. The third-order valence-electron chi connectivity index (χ3n) is 3.80. The number of rotatable bonds is 6. The first-order valence-corrected chi connectivity index (χ1v) is 9.15. The molecule has 0 atom stereocenters. The molecule has 0 aliphatic rings. The zero-order valence-electron chi connectivity index (χ0n) is 17.0. The van der Waals surface area contributed by atoms with Gasteiger partial charge in [-0.05, 0) is 63.1 Å². The average molecular weight is 385 g/mol. The number of alkyl carbamates (subject to hydrolysis) is 1. The molecule has 0 unspecified atom stereocenters. The predicted octanol–water partition coefficient (Wildman–Crippen LogP) is 4.56. The van der Waals surface area contributed by atoms with Crippen LogP contribution >= 0.6 is 0 Å².